The fraction of sp³-hybridized carbons (Fsp3) is 0.263. The van der Waals surface area contributed by atoms with Crippen molar-refractivity contribution >= 4 is 27.5 Å². The lowest BCUT2D eigenvalue weighted by molar-refractivity contribution is -0.121. The van der Waals surface area contributed by atoms with Crippen molar-refractivity contribution in [2.75, 3.05) is 0 Å². The number of rotatable bonds is 8. The Hall–Kier alpha value is -2.54. The largest absolute Gasteiger partial charge is 0.434 e. The zero-order valence-electron chi connectivity index (χ0n) is 14.0. The third-order valence-corrected chi connectivity index (χ3v) is 4.89. The van der Waals surface area contributed by atoms with Gasteiger partial charge in [-0.15, -0.1) is 11.3 Å². The minimum atomic E-state index is -2.89. The summed E-state index contributed by atoms with van der Waals surface area (Å²) in [5.74, 6) is -0.0461. The van der Waals surface area contributed by atoms with Gasteiger partial charge in [0.25, 0.3) is 0 Å². The number of para-hydroxylation sites is 2. The van der Waals surface area contributed by atoms with Crippen LogP contribution in [0, 0.1) is 0 Å². The Morgan fingerprint density at radius 1 is 1.15 bits per heavy atom. The summed E-state index contributed by atoms with van der Waals surface area (Å²) < 4.78 is 30.4. The van der Waals surface area contributed by atoms with Gasteiger partial charge in [-0.05, 0) is 31.0 Å². The Balaban J connectivity index is 1.46. The summed E-state index contributed by atoms with van der Waals surface area (Å²) in [5, 5.41) is 3.75. The molecule has 1 amide bonds. The molecular formula is C19H18F2N2O2S. The summed E-state index contributed by atoms with van der Waals surface area (Å²) in [7, 11) is 0. The molecule has 0 spiro atoms. The van der Waals surface area contributed by atoms with Crippen LogP contribution in [0.1, 0.15) is 23.4 Å². The highest BCUT2D eigenvalue weighted by molar-refractivity contribution is 7.18. The van der Waals surface area contributed by atoms with Crippen molar-refractivity contribution in [2.24, 2.45) is 0 Å². The Morgan fingerprint density at radius 2 is 1.92 bits per heavy atom. The molecule has 1 heterocycles. The molecule has 0 aliphatic rings. The molecule has 0 unspecified atom stereocenters. The molecule has 26 heavy (non-hydrogen) atoms. The van der Waals surface area contributed by atoms with Crippen LogP contribution in [-0.4, -0.2) is 17.5 Å². The van der Waals surface area contributed by atoms with Crippen molar-refractivity contribution in [1.29, 1.82) is 0 Å². The van der Waals surface area contributed by atoms with E-state index in [1.165, 1.54) is 6.07 Å². The molecule has 0 aliphatic carbocycles. The van der Waals surface area contributed by atoms with Crippen LogP contribution < -0.4 is 10.1 Å². The molecule has 1 aromatic heterocycles. The fourth-order valence-electron chi connectivity index (χ4n) is 2.57. The van der Waals surface area contributed by atoms with Gasteiger partial charge in [0, 0.05) is 18.5 Å². The van der Waals surface area contributed by atoms with E-state index >= 15 is 0 Å². The quantitative estimate of drug-likeness (QED) is 0.628. The molecule has 0 atom stereocenters. The lowest BCUT2D eigenvalue weighted by atomic mass is 10.2. The van der Waals surface area contributed by atoms with E-state index < -0.39 is 6.61 Å². The number of alkyl halides is 2. The number of carbonyl (C=O) groups excluding carboxylic acids is 1. The Morgan fingerprint density at radius 3 is 2.73 bits per heavy atom. The second-order valence-electron chi connectivity index (χ2n) is 5.69. The predicted molar refractivity (Wildman–Crippen MR) is 97.5 cm³/mol. The maximum absolute atomic E-state index is 12.4. The van der Waals surface area contributed by atoms with Crippen LogP contribution in [0.15, 0.2) is 48.5 Å². The minimum absolute atomic E-state index is 0.0808. The summed E-state index contributed by atoms with van der Waals surface area (Å²) in [4.78, 5) is 16.5. The number of hydrogen-bond donors (Lipinski definition) is 1. The topological polar surface area (TPSA) is 51.2 Å². The van der Waals surface area contributed by atoms with Gasteiger partial charge >= 0.3 is 6.61 Å². The summed E-state index contributed by atoms with van der Waals surface area (Å²) in [5.41, 5.74) is 1.50. The molecular weight excluding hydrogens is 358 g/mol. The number of halogens is 2. The first-order chi connectivity index (χ1) is 12.6. The van der Waals surface area contributed by atoms with Crippen molar-refractivity contribution in [3.05, 3.63) is 59.1 Å². The zero-order chi connectivity index (χ0) is 18.4. The van der Waals surface area contributed by atoms with Crippen LogP contribution >= 0.6 is 11.3 Å². The van der Waals surface area contributed by atoms with Crippen molar-refractivity contribution in [3.8, 4) is 5.75 Å². The lowest BCUT2D eigenvalue weighted by Crippen LogP contribution is -2.23. The van der Waals surface area contributed by atoms with E-state index in [2.05, 4.69) is 15.0 Å². The molecule has 2 aromatic carbocycles. The van der Waals surface area contributed by atoms with Gasteiger partial charge in [-0.3, -0.25) is 4.79 Å². The molecule has 3 rings (SSSR count). The molecule has 0 fully saturated rings. The van der Waals surface area contributed by atoms with E-state index in [0.29, 0.717) is 18.4 Å². The lowest BCUT2D eigenvalue weighted by Gasteiger charge is -2.11. The van der Waals surface area contributed by atoms with Crippen molar-refractivity contribution in [2.45, 2.75) is 32.4 Å². The first kappa shape index (κ1) is 18.3. The standard InChI is InChI=1S/C19H18F2N2O2S/c20-19(21)25-15-8-3-1-6-13(15)12-22-17(24)10-5-11-18-23-14-7-2-4-9-16(14)26-18/h1-4,6-9,19H,5,10-12H2,(H,22,24). The van der Waals surface area contributed by atoms with Crippen LogP contribution in [0.2, 0.25) is 0 Å². The minimum Gasteiger partial charge on any atom is -0.434 e. The number of aryl methyl sites for hydroxylation is 1. The average molecular weight is 376 g/mol. The molecule has 0 radical (unpaired) electrons. The SMILES string of the molecule is O=C(CCCc1nc2ccccc2s1)NCc1ccccc1OC(F)F. The van der Waals surface area contributed by atoms with Gasteiger partial charge in [0.1, 0.15) is 5.75 Å². The monoisotopic (exact) mass is 376 g/mol. The fourth-order valence-corrected chi connectivity index (χ4v) is 3.58. The summed E-state index contributed by atoms with van der Waals surface area (Å²) in [6.07, 6.45) is 1.77. The number of hydrogen-bond acceptors (Lipinski definition) is 4. The van der Waals surface area contributed by atoms with Crippen LogP contribution in [0.3, 0.4) is 0 Å². The smallest absolute Gasteiger partial charge is 0.387 e. The number of carbonyl (C=O) groups is 1. The zero-order valence-corrected chi connectivity index (χ0v) is 14.8. The van der Waals surface area contributed by atoms with Gasteiger partial charge < -0.3 is 10.1 Å². The van der Waals surface area contributed by atoms with Crippen LogP contribution in [0.25, 0.3) is 10.2 Å². The van der Waals surface area contributed by atoms with Crippen LogP contribution in [0.5, 0.6) is 5.75 Å². The van der Waals surface area contributed by atoms with E-state index in [1.807, 2.05) is 24.3 Å². The normalized spacial score (nSPS) is 11.0. The van der Waals surface area contributed by atoms with E-state index in [-0.39, 0.29) is 18.2 Å². The number of thiazole rings is 1. The van der Waals surface area contributed by atoms with Gasteiger partial charge in [0.2, 0.25) is 5.91 Å². The summed E-state index contributed by atoms with van der Waals surface area (Å²) >= 11 is 1.64. The molecule has 7 heteroatoms. The van der Waals surface area contributed by atoms with E-state index in [0.717, 1.165) is 21.6 Å². The van der Waals surface area contributed by atoms with E-state index in [4.69, 9.17) is 0 Å². The second-order valence-corrected chi connectivity index (χ2v) is 6.81. The molecule has 0 saturated carbocycles. The molecule has 3 aromatic rings. The second kappa shape index (κ2) is 8.71. The van der Waals surface area contributed by atoms with Gasteiger partial charge in [-0.1, -0.05) is 30.3 Å². The highest BCUT2D eigenvalue weighted by atomic mass is 32.1. The molecule has 0 bridgehead atoms. The maximum atomic E-state index is 12.4. The predicted octanol–water partition coefficient (Wildman–Crippen LogP) is 4.54. The van der Waals surface area contributed by atoms with Gasteiger partial charge in [0.15, 0.2) is 0 Å². The molecule has 136 valence electrons. The Kier molecular flexibility index (Phi) is 6.12. The van der Waals surface area contributed by atoms with Crippen LogP contribution in [0.4, 0.5) is 8.78 Å². The van der Waals surface area contributed by atoms with Gasteiger partial charge in [0.05, 0.1) is 15.2 Å². The van der Waals surface area contributed by atoms with Crippen molar-refractivity contribution in [3.63, 3.8) is 0 Å². The number of nitrogens with one attached hydrogen (secondary N) is 1. The van der Waals surface area contributed by atoms with Crippen LogP contribution in [-0.2, 0) is 17.8 Å². The number of ether oxygens (including phenoxy) is 1. The van der Waals surface area contributed by atoms with E-state index in [9.17, 15) is 13.6 Å². The third-order valence-electron chi connectivity index (χ3n) is 3.80. The van der Waals surface area contributed by atoms with Crippen molar-refractivity contribution in [1.82, 2.24) is 10.3 Å². The molecule has 0 aliphatic heterocycles. The number of fused-ring (bicyclic) bond motifs is 1. The number of benzene rings is 2. The van der Waals surface area contributed by atoms with E-state index in [1.54, 1.807) is 29.5 Å². The average Bonchev–Trinajstić information content (AvgIpc) is 3.03. The Bertz CT molecular complexity index is 850. The summed E-state index contributed by atoms with van der Waals surface area (Å²) in [6.45, 7) is -2.73. The Labute approximate surface area is 153 Å². The molecule has 0 saturated heterocycles. The molecule has 4 nitrogen and oxygen atoms in total. The van der Waals surface area contributed by atoms with Crippen molar-refractivity contribution < 1.29 is 18.3 Å². The number of amides is 1. The number of nitrogens with zero attached hydrogens (tertiary/aromatic N) is 1. The summed E-state index contributed by atoms with van der Waals surface area (Å²) in [6, 6.07) is 14.4. The van der Waals surface area contributed by atoms with Gasteiger partial charge in [-0.2, -0.15) is 8.78 Å². The van der Waals surface area contributed by atoms with Gasteiger partial charge in [-0.25, -0.2) is 4.98 Å². The first-order valence-corrected chi connectivity index (χ1v) is 9.07. The number of aromatic nitrogens is 1. The molecule has 1 N–H and O–H groups in total. The first-order valence-electron chi connectivity index (χ1n) is 8.25. The third kappa shape index (κ3) is 4.98. The highest BCUT2D eigenvalue weighted by Gasteiger charge is 2.10. The highest BCUT2D eigenvalue weighted by Crippen LogP contribution is 2.23. The maximum Gasteiger partial charge on any atom is 0.387 e.